The number of aryl methyl sites for hydroxylation is 4. The minimum absolute atomic E-state index is 0.0856. The predicted octanol–water partition coefficient (Wildman–Crippen LogP) is 22.9. The number of anilines is 13. The summed E-state index contributed by atoms with van der Waals surface area (Å²) in [5.41, 5.74) is 26.2. The average Bonchev–Trinajstić information content (AvgIpc) is 1.60. The Labute approximate surface area is 608 Å². The molecule has 6 aliphatic rings. The Morgan fingerprint density at radius 2 is 0.588 bits per heavy atom. The van der Waals surface area contributed by atoms with Gasteiger partial charge in [0.25, 0.3) is 0 Å². The summed E-state index contributed by atoms with van der Waals surface area (Å²) in [4.78, 5) is 19.7. The number of nitriles is 4. The van der Waals surface area contributed by atoms with Crippen LogP contribution in [0.25, 0.3) is 0 Å². The lowest BCUT2D eigenvalue weighted by Crippen LogP contribution is -2.45. The highest BCUT2D eigenvalue weighted by molar-refractivity contribution is 5.92. The van der Waals surface area contributed by atoms with Crippen molar-refractivity contribution in [3.8, 4) is 24.3 Å². The van der Waals surface area contributed by atoms with Gasteiger partial charge in [0.15, 0.2) is 0 Å². The summed E-state index contributed by atoms with van der Waals surface area (Å²) in [7, 11) is 0. The lowest BCUT2D eigenvalue weighted by atomic mass is 9.91. The fraction of sp³-hybridized carbons (Fsp3) is 0.356. The van der Waals surface area contributed by atoms with E-state index in [-0.39, 0.29) is 24.7 Å². The molecule has 0 unspecified atom stereocenters. The van der Waals surface area contributed by atoms with Crippen molar-refractivity contribution >= 4 is 73.9 Å². The van der Waals surface area contributed by atoms with Gasteiger partial charge in [-0.15, -0.1) is 0 Å². The zero-order chi connectivity index (χ0) is 72.2. The Kier molecular flexibility index (Phi) is 21.4. The Balaban J connectivity index is 0.000000129. The van der Waals surface area contributed by atoms with Crippen LogP contribution in [0.3, 0.4) is 0 Å². The molecular weight excluding hydrogens is 1250 g/mol. The largest absolute Gasteiger partial charge is 0.347 e. The molecule has 4 aliphatic heterocycles. The molecule has 9 aromatic rings. The van der Waals surface area contributed by atoms with Crippen LogP contribution < -0.4 is 39.2 Å². The monoisotopic (exact) mass is 1350 g/mol. The summed E-state index contributed by atoms with van der Waals surface area (Å²) in [6.45, 7) is 31.1. The van der Waals surface area contributed by atoms with Crippen molar-refractivity contribution in [2.24, 2.45) is 0 Å². The van der Waals surface area contributed by atoms with Crippen LogP contribution in [0.5, 0.6) is 0 Å². The standard InChI is InChI=1S/C28H31N3.C22H25N3.C21H23N3.C19H21N3/c1-18(2)23-10-9-11-24(19(3)4)28(23)31-21(6)30(25-12-7-8-13-26(25)31)27-16-22(17-29)15-14-20(27)5;1-16-12-13-18(15-23)14-22(16)25-17(2)24(19-8-4-3-5-9-19)20-10-6-7-11-21(20)25;1-15-11-12-17(14-22)13-21(15)24-16(2)23(18-7-3-4-8-18)19-9-5-6-10-20(19)24;1-13(2)21-15(4)22(18-8-6-5-7-17(18)21)19-11-16(12-20)10-9-14(19)3/h7-16,18-19,21H,1-6H3;6-7,10-14,17,19H,3-5,8-9H2,1-2H3;5-6,9-13,16,18H,3-4,7-8H2,1-2H3;5-11,13,15H,1-4H3/t21-;17-;16-;15-/m0111/s1. The molecular formula is C90H100N12. The predicted molar refractivity (Wildman–Crippen MR) is 424 cm³/mol. The van der Waals surface area contributed by atoms with Crippen LogP contribution in [-0.2, 0) is 0 Å². The SMILES string of the molecule is Cc1ccc(C#N)cc1N1c2ccccc2N(C(C)C)[C@H]1C.Cc1ccc(C#N)cc1N1c2ccccc2N(C2CCCC2)[C@H]1C.Cc1ccc(C#N)cc1N1c2ccccc2N(C2CCCCC2)[C@H]1C.Cc1ccc(C#N)cc1N1c2ccccc2N(c2c(C(C)C)cccc2C(C)C)[C@H]1C. The van der Waals surface area contributed by atoms with E-state index in [0.29, 0.717) is 41.1 Å². The molecule has 0 amide bonds. The summed E-state index contributed by atoms with van der Waals surface area (Å²) in [6.07, 6.45) is 12.7. The maximum absolute atomic E-state index is 9.50. The Morgan fingerprint density at radius 1 is 0.304 bits per heavy atom. The van der Waals surface area contributed by atoms with Crippen LogP contribution in [0.4, 0.5) is 73.9 Å². The summed E-state index contributed by atoms with van der Waals surface area (Å²) >= 11 is 0. The number of para-hydroxylation sites is 9. The van der Waals surface area contributed by atoms with E-state index in [1.165, 1.54) is 142 Å². The zero-order valence-electron chi connectivity index (χ0n) is 62.3. The van der Waals surface area contributed by atoms with Gasteiger partial charge < -0.3 is 39.2 Å². The molecule has 0 spiro atoms. The molecule has 0 N–H and O–H groups in total. The van der Waals surface area contributed by atoms with Gasteiger partial charge in [0, 0.05) is 40.9 Å². The van der Waals surface area contributed by atoms with Gasteiger partial charge in [-0.1, -0.05) is 151 Å². The maximum atomic E-state index is 9.50. The first-order valence-electron chi connectivity index (χ1n) is 37.1. The van der Waals surface area contributed by atoms with Crippen LogP contribution in [0.2, 0.25) is 0 Å². The molecule has 520 valence electrons. The van der Waals surface area contributed by atoms with Crippen LogP contribution in [0.15, 0.2) is 188 Å². The highest BCUT2D eigenvalue weighted by atomic mass is 15.5. The molecule has 2 saturated carbocycles. The second-order valence-electron chi connectivity index (χ2n) is 29.4. The third-order valence-electron chi connectivity index (χ3n) is 22.0. The molecule has 0 saturated heterocycles. The summed E-state index contributed by atoms with van der Waals surface area (Å²) in [5.74, 6) is 0.844. The molecule has 9 aromatic carbocycles. The third kappa shape index (κ3) is 13.6. The van der Waals surface area contributed by atoms with E-state index < -0.39 is 0 Å². The molecule has 0 bridgehead atoms. The van der Waals surface area contributed by atoms with E-state index >= 15 is 0 Å². The fourth-order valence-corrected chi connectivity index (χ4v) is 17.1. The van der Waals surface area contributed by atoms with Crippen LogP contribution in [-0.4, -0.2) is 42.8 Å². The van der Waals surface area contributed by atoms with Gasteiger partial charge in [0.1, 0.15) is 24.7 Å². The van der Waals surface area contributed by atoms with Gasteiger partial charge in [-0.3, -0.25) is 0 Å². The number of hydrogen-bond donors (Lipinski definition) is 0. The minimum atomic E-state index is 0.0856. The number of nitrogens with zero attached hydrogens (tertiary/aromatic N) is 12. The average molecular weight is 1350 g/mol. The van der Waals surface area contributed by atoms with Gasteiger partial charge in [-0.25, -0.2) is 0 Å². The summed E-state index contributed by atoms with van der Waals surface area (Å²) in [5, 5.41) is 37.4. The highest BCUT2D eigenvalue weighted by Crippen LogP contribution is 2.54. The zero-order valence-corrected chi connectivity index (χ0v) is 62.3. The van der Waals surface area contributed by atoms with Crippen molar-refractivity contribution in [1.82, 2.24) is 0 Å². The van der Waals surface area contributed by atoms with Crippen molar-refractivity contribution < 1.29 is 0 Å². The van der Waals surface area contributed by atoms with Gasteiger partial charge in [0.2, 0.25) is 0 Å². The van der Waals surface area contributed by atoms with Crippen molar-refractivity contribution in [2.45, 2.75) is 209 Å². The number of hydrogen-bond acceptors (Lipinski definition) is 12. The minimum Gasteiger partial charge on any atom is -0.347 e. The number of rotatable bonds is 10. The molecule has 2 fully saturated rings. The fourth-order valence-electron chi connectivity index (χ4n) is 17.1. The Morgan fingerprint density at radius 3 is 0.922 bits per heavy atom. The van der Waals surface area contributed by atoms with E-state index in [1.807, 2.05) is 60.7 Å². The smallest absolute Gasteiger partial charge is 0.108 e. The second kappa shape index (κ2) is 30.7. The topological polar surface area (TPSA) is 121 Å². The Bertz CT molecular complexity index is 4650. The summed E-state index contributed by atoms with van der Waals surface area (Å²) in [6, 6.07) is 75.9. The van der Waals surface area contributed by atoms with E-state index in [0.717, 1.165) is 33.9 Å². The molecule has 0 aromatic heterocycles. The van der Waals surface area contributed by atoms with Gasteiger partial charge >= 0.3 is 0 Å². The molecule has 4 heterocycles. The van der Waals surface area contributed by atoms with E-state index in [2.05, 4.69) is 288 Å². The lowest BCUT2D eigenvalue weighted by Gasteiger charge is -2.38. The first-order chi connectivity index (χ1) is 49.3. The van der Waals surface area contributed by atoms with Crippen LogP contribution >= 0.6 is 0 Å². The molecule has 4 atom stereocenters. The highest BCUT2D eigenvalue weighted by Gasteiger charge is 2.42. The normalized spacial score (nSPS) is 18.1. The van der Waals surface area contributed by atoms with Crippen molar-refractivity contribution in [1.29, 1.82) is 21.0 Å². The maximum Gasteiger partial charge on any atom is 0.108 e. The first kappa shape index (κ1) is 71.2. The second-order valence-corrected chi connectivity index (χ2v) is 29.4. The number of fused-ring (bicyclic) bond motifs is 4. The van der Waals surface area contributed by atoms with Crippen LogP contribution in [0, 0.1) is 73.0 Å². The molecule has 102 heavy (non-hydrogen) atoms. The first-order valence-corrected chi connectivity index (χ1v) is 37.1. The molecule has 12 nitrogen and oxygen atoms in total. The molecule has 15 rings (SSSR count). The van der Waals surface area contributed by atoms with E-state index in [9.17, 15) is 21.0 Å². The van der Waals surface area contributed by atoms with Gasteiger partial charge in [-0.05, 0) is 237 Å². The quantitative estimate of drug-likeness (QED) is 0.130. The summed E-state index contributed by atoms with van der Waals surface area (Å²) < 4.78 is 0. The molecule has 0 radical (unpaired) electrons. The van der Waals surface area contributed by atoms with Crippen molar-refractivity contribution in [3.05, 3.63) is 244 Å². The number of benzene rings is 9. The third-order valence-corrected chi connectivity index (χ3v) is 22.0. The van der Waals surface area contributed by atoms with Gasteiger partial charge in [-0.2, -0.15) is 21.0 Å². The lowest BCUT2D eigenvalue weighted by molar-refractivity contribution is 0.400. The van der Waals surface area contributed by atoms with E-state index in [4.69, 9.17) is 0 Å². The van der Waals surface area contributed by atoms with Crippen molar-refractivity contribution in [3.63, 3.8) is 0 Å². The Hall–Kier alpha value is -10.7. The molecule has 2 aliphatic carbocycles. The van der Waals surface area contributed by atoms with Gasteiger partial charge in [0.05, 0.1) is 97.7 Å². The van der Waals surface area contributed by atoms with E-state index in [1.54, 1.807) is 0 Å². The van der Waals surface area contributed by atoms with Crippen LogP contribution in [0.1, 0.15) is 194 Å². The molecule has 12 heteroatoms. The van der Waals surface area contributed by atoms with Crippen molar-refractivity contribution in [2.75, 3.05) is 39.2 Å².